The molecule has 0 spiro atoms. The number of aryl methyl sites for hydroxylation is 2. The summed E-state index contributed by atoms with van der Waals surface area (Å²) in [4.78, 5) is 9.12. The van der Waals surface area contributed by atoms with Crippen molar-refractivity contribution in [1.82, 2.24) is 23.2 Å². The molecule has 34 heavy (non-hydrogen) atoms. The Bertz CT molecular complexity index is 1190. The molecule has 182 valence electrons. The van der Waals surface area contributed by atoms with Crippen molar-refractivity contribution >= 4 is 28.6 Å². The number of aromatic nitrogens is 3. The van der Waals surface area contributed by atoms with E-state index in [0.29, 0.717) is 0 Å². The molecule has 10 heteroatoms. The molecule has 2 aliphatic heterocycles. The van der Waals surface area contributed by atoms with Crippen LogP contribution in [0.4, 0.5) is 0 Å². The van der Waals surface area contributed by atoms with E-state index < -0.39 is 21.5 Å². The van der Waals surface area contributed by atoms with E-state index in [1.807, 2.05) is 19.1 Å². The first-order valence-corrected chi connectivity index (χ1v) is 15.1. The van der Waals surface area contributed by atoms with Gasteiger partial charge >= 0.3 is 221 Å². The molecule has 0 unspecified atom stereocenters. The van der Waals surface area contributed by atoms with Crippen molar-refractivity contribution in [2.45, 2.75) is 31.2 Å². The van der Waals surface area contributed by atoms with E-state index in [2.05, 4.69) is 49.2 Å². The van der Waals surface area contributed by atoms with Crippen LogP contribution in [-0.4, -0.2) is 64.8 Å². The van der Waals surface area contributed by atoms with Crippen LogP contribution in [0.25, 0.3) is 5.00 Å². The van der Waals surface area contributed by atoms with Crippen LogP contribution in [0.15, 0.2) is 29.3 Å². The van der Waals surface area contributed by atoms with Crippen LogP contribution in [-0.2, 0) is 4.74 Å². The average molecular weight is 612 g/mol. The molecule has 0 aliphatic carbocycles. The zero-order valence-corrected chi connectivity index (χ0v) is 23.4. The van der Waals surface area contributed by atoms with E-state index in [4.69, 9.17) is 21.3 Å². The van der Waals surface area contributed by atoms with Crippen LogP contribution < -0.4 is 25.0 Å². The van der Waals surface area contributed by atoms with Crippen LogP contribution in [0.1, 0.15) is 43.7 Å². The Kier molecular flexibility index (Phi) is 7.67. The Balaban J connectivity index is 1.43. The van der Waals surface area contributed by atoms with Gasteiger partial charge in [-0.25, -0.2) is 0 Å². The quantitative estimate of drug-likeness (QED) is 0.142. The number of morpholine rings is 1. The Hall–Kier alpha value is -1.37. The number of nitrogens with zero attached hydrogens (tertiary/aromatic N) is 5. The molecule has 0 radical (unpaired) electrons. The molecule has 3 aromatic rings. The number of hydrogen-bond donors (Lipinski definition) is 1. The minimum atomic E-state index is -0.474. The van der Waals surface area contributed by atoms with E-state index in [1.54, 1.807) is 11.3 Å². The van der Waals surface area contributed by atoms with Crippen LogP contribution >= 0.6 is 22.9 Å². The SMILES string of the molecule is Cc1sc2c(c1C)C(c1ccc(Cl)cc1)=N[C@@H]([I-]NCCCN1CCOCC1)c1nnc(C)n1-2. The van der Waals surface area contributed by atoms with Gasteiger partial charge in [0.1, 0.15) is 0 Å². The third-order valence-corrected chi connectivity index (χ3v) is 10.1. The van der Waals surface area contributed by atoms with Gasteiger partial charge in [-0.05, 0) is 0 Å². The van der Waals surface area contributed by atoms with E-state index in [1.165, 1.54) is 21.0 Å². The van der Waals surface area contributed by atoms with Crippen molar-refractivity contribution in [3.8, 4) is 5.00 Å². The Morgan fingerprint density at radius 1 is 1.15 bits per heavy atom. The molecule has 4 heterocycles. The normalized spacial score (nSPS) is 18.5. The van der Waals surface area contributed by atoms with Gasteiger partial charge in [-0.15, -0.1) is 0 Å². The van der Waals surface area contributed by atoms with Gasteiger partial charge in [-0.2, -0.15) is 0 Å². The molecular formula is C24H29ClIN6OS-. The fourth-order valence-electron chi connectivity index (χ4n) is 4.29. The molecule has 0 amide bonds. The second kappa shape index (κ2) is 10.7. The minimum absolute atomic E-state index is 0.0200. The van der Waals surface area contributed by atoms with Gasteiger partial charge in [0.05, 0.1) is 0 Å². The Labute approximate surface area is 220 Å². The first kappa shape index (κ1) is 24.3. The second-order valence-corrected chi connectivity index (χ2v) is 12.7. The van der Waals surface area contributed by atoms with Gasteiger partial charge < -0.3 is 0 Å². The Morgan fingerprint density at radius 3 is 2.68 bits per heavy atom. The predicted octanol–water partition coefficient (Wildman–Crippen LogP) is 1.07. The fourth-order valence-corrected chi connectivity index (χ4v) is 7.84. The molecule has 1 N–H and O–H groups in total. The number of alkyl halides is 1. The van der Waals surface area contributed by atoms with Crippen molar-refractivity contribution in [2.24, 2.45) is 4.99 Å². The van der Waals surface area contributed by atoms with Gasteiger partial charge in [-0.1, -0.05) is 0 Å². The molecule has 1 aromatic carbocycles. The zero-order valence-electron chi connectivity index (χ0n) is 19.6. The van der Waals surface area contributed by atoms with E-state index in [0.717, 1.165) is 73.8 Å². The number of hydrogen-bond acceptors (Lipinski definition) is 7. The van der Waals surface area contributed by atoms with Gasteiger partial charge in [-0.3, -0.25) is 0 Å². The summed E-state index contributed by atoms with van der Waals surface area (Å²) in [5.74, 6) is 1.85. The van der Waals surface area contributed by atoms with Crippen LogP contribution in [0.2, 0.25) is 5.02 Å². The number of aliphatic imine (C=N–C) groups is 1. The number of nitrogens with one attached hydrogen (secondary N) is 1. The van der Waals surface area contributed by atoms with Gasteiger partial charge in [0, 0.05) is 0 Å². The summed E-state index contributed by atoms with van der Waals surface area (Å²) in [5, 5.41) is 11.0. The van der Waals surface area contributed by atoms with E-state index >= 15 is 0 Å². The number of halogens is 2. The summed E-state index contributed by atoms with van der Waals surface area (Å²) in [5.41, 5.74) is 4.57. The molecule has 7 nitrogen and oxygen atoms in total. The number of benzene rings is 1. The molecule has 1 atom stereocenters. The molecule has 0 saturated carbocycles. The van der Waals surface area contributed by atoms with Crippen molar-refractivity contribution < 1.29 is 26.2 Å². The van der Waals surface area contributed by atoms with Gasteiger partial charge in [0.25, 0.3) is 0 Å². The number of ether oxygens (including phenoxy) is 1. The second-order valence-electron chi connectivity index (χ2n) is 8.52. The molecule has 1 saturated heterocycles. The average Bonchev–Trinajstić information content (AvgIpc) is 3.31. The summed E-state index contributed by atoms with van der Waals surface area (Å²) in [6.45, 7) is 12.3. The number of rotatable bonds is 7. The molecule has 5 rings (SSSR count). The van der Waals surface area contributed by atoms with Gasteiger partial charge in [0.15, 0.2) is 0 Å². The third-order valence-electron chi connectivity index (χ3n) is 6.26. The molecule has 2 aromatic heterocycles. The summed E-state index contributed by atoms with van der Waals surface area (Å²) in [6.07, 6.45) is 1.12. The zero-order chi connectivity index (χ0) is 23.7. The third kappa shape index (κ3) is 4.96. The molecule has 2 aliphatic rings. The van der Waals surface area contributed by atoms with Crippen molar-refractivity contribution in [2.75, 3.05) is 39.4 Å². The van der Waals surface area contributed by atoms with E-state index in [9.17, 15) is 0 Å². The van der Waals surface area contributed by atoms with E-state index in [-0.39, 0.29) is 4.05 Å². The summed E-state index contributed by atoms with van der Waals surface area (Å²) >= 11 is 7.52. The van der Waals surface area contributed by atoms with Crippen LogP contribution in [0.5, 0.6) is 0 Å². The number of fused-ring (bicyclic) bond motifs is 3. The predicted molar refractivity (Wildman–Crippen MR) is 133 cm³/mol. The Morgan fingerprint density at radius 2 is 1.91 bits per heavy atom. The summed E-state index contributed by atoms with van der Waals surface area (Å²) in [6, 6.07) is 8.03. The molecular weight excluding hydrogens is 583 g/mol. The maximum atomic E-state index is 6.20. The summed E-state index contributed by atoms with van der Waals surface area (Å²) < 4.78 is 11.4. The van der Waals surface area contributed by atoms with Crippen molar-refractivity contribution in [3.63, 3.8) is 0 Å². The van der Waals surface area contributed by atoms with Crippen molar-refractivity contribution in [3.05, 3.63) is 62.5 Å². The van der Waals surface area contributed by atoms with Crippen molar-refractivity contribution in [1.29, 1.82) is 0 Å². The fraction of sp³-hybridized carbons (Fsp3) is 0.458. The maximum absolute atomic E-state index is 6.20. The first-order valence-electron chi connectivity index (χ1n) is 11.5. The molecule has 0 bridgehead atoms. The summed E-state index contributed by atoms with van der Waals surface area (Å²) in [7, 11) is 0. The van der Waals surface area contributed by atoms with Crippen LogP contribution in [0.3, 0.4) is 0 Å². The van der Waals surface area contributed by atoms with Gasteiger partial charge in [0.2, 0.25) is 0 Å². The standard InChI is InChI=1S/C24H29ClIN6OS/c1-15-16(2)34-24-20(15)21(18-5-7-19(25)8-6-18)28-22(23-30-29-17(3)32(23)24)26-27-9-4-10-31-11-13-33-14-12-31/h5-8,22,27H,4,9-14H2,1-3H3/q-1/t22-/m1/s1. The first-order chi connectivity index (χ1) is 16.5. The number of thiophene rings is 1. The van der Waals surface area contributed by atoms with Crippen LogP contribution in [0, 0.1) is 20.8 Å². The molecule has 1 fully saturated rings. The monoisotopic (exact) mass is 611 g/mol. The topological polar surface area (TPSA) is 67.6 Å².